The number of halogens is 1. The van der Waals surface area contributed by atoms with Gasteiger partial charge in [0.15, 0.2) is 0 Å². The van der Waals surface area contributed by atoms with E-state index >= 15 is 0 Å². The van der Waals surface area contributed by atoms with Crippen LogP contribution in [0.25, 0.3) is 0 Å². The van der Waals surface area contributed by atoms with Crippen LogP contribution >= 0.6 is 11.6 Å². The maximum Gasteiger partial charge on any atom is 0.255 e. The van der Waals surface area contributed by atoms with Crippen LogP contribution in [-0.4, -0.2) is 20.4 Å². The zero-order valence-electron chi connectivity index (χ0n) is 13.4. The van der Waals surface area contributed by atoms with E-state index in [1.165, 1.54) is 12.1 Å². The molecule has 2 N–H and O–H groups in total. The molecular formula is C17H19ClN2O3S. The molecule has 2 aromatic carbocycles. The average molecular weight is 367 g/mol. The van der Waals surface area contributed by atoms with E-state index < -0.39 is 10.0 Å². The molecule has 2 aromatic rings. The minimum atomic E-state index is -3.55. The predicted octanol–water partition coefficient (Wildman–Crippen LogP) is 3.67. The summed E-state index contributed by atoms with van der Waals surface area (Å²) >= 11 is 5.86. The van der Waals surface area contributed by atoms with Crippen molar-refractivity contribution in [2.24, 2.45) is 0 Å². The van der Waals surface area contributed by atoms with Crippen LogP contribution in [0.4, 0.5) is 5.69 Å². The molecule has 1 amide bonds. The van der Waals surface area contributed by atoms with E-state index in [4.69, 9.17) is 11.6 Å². The third kappa shape index (κ3) is 4.80. The molecule has 1 unspecified atom stereocenters. The smallest absolute Gasteiger partial charge is 0.255 e. The molecule has 2 rings (SSSR count). The molecule has 0 saturated heterocycles. The van der Waals surface area contributed by atoms with Gasteiger partial charge in [-0.1, -0.05) is 24.6 Å². The van der Waals surface area contributed by atoms with Crippen LogP contribution in [0.5, 0.6) is 0 Å². The highest BCUT2D eigenvalue weighted by Crippen LogP contribution is 2.17. The highest BCUT2D eigenvalue weighted by Gasteiger charge is 2.16. The predicted molar refractivity (Wildman–Crippen MR) is 95.9 cm³/mol. The molecule has 0 fully saturated rings. The summed E-state index contributed by atoms with van der Waals surface area (Å²) in [5.74, 6) is -0.314. The maximum atomic E-state index is 12.2. The Morgan fingerprint density at radius 3 is 2.42 bits per heavy atom. The Labute approximate surface area is 147 Å². The van der Waals surface area contributed by atoms with Gasteiger partial charge in [0.1, 0.15) is 0 Å². The van der Waals surface area contributed by atoms with Gasteiger partial charge in [-0.15, -0.1) is 0 Å². The maximum absolute atomic E-state index is 12.2. The number of anilines is 1. The van der Waals surface area contributed by atoms with E-state index in [9.17, 15) is 13.2 Å². The zero-order valence-corrected chi connectivity index (χ0v) is 15.0. The van der Waals surface area contributed by atoms with Crippen molar-refractivity contribution in [1.29, 1.82) is 0 Å². The Morgan fingerprint density at radius 2 is 1.83 bits per heavy atom. The first-order chi connectivity index (χ1) is 11.3. The first kappa shape index (κ1) is 18.4. The SMILES string of the molecule is CCC(C)NS(=O)(=O)c1ccc(NC(=O)c2cccc(Cl)c2)cc1. The van der Waals surface area contributed by atoms with Crippen LogP contribution in [-0.2, 0) is 10.0 Å². The summed E-state index contributed by atoms with van der Waals surface area (Å²) < 4.78 is 26.9. The van der Waals surface area contributed by atoms with Gasteiger partial charge in [0.05, 0.1) is 4.90 Å². The molecule has 0 bridgehead atoms. The molecule has 0 heterocycles. The van der Waals surface area contributed by atoms with E-state index in [0.29, 0.717) is 22.7 Å². The van der Waals surface area contributed by atoms with Crippen molar-refractivity contribution < 1.29 is 13.2 Å². The molecule has 5 nitrogen and oxygen atoms in total. The van der Waals surface area contributed by atoms with Gasteiger partial charge in [0, 0.05) is 22.3 Å². The molecule has 0 spiro atoms. The van der Waals surface area contributed by atoms with Crippen LogP contribution in [0.3, 0.4) is 0 Å². The quantitative estimate of drug-likeness (QED) is 0.819. The summed E-state index contributed by atoms with van der Waals surface area (Å²) in [5.41, 5.74) is 0.931. The zero-order chi connectivity index (χ0) is 17.7. The Balaban J connectivity index is 2.11. The number of rotatable bonds is 6. The summed E-state index contributed by atoms with van der Waals surface area (Å²) in [6.45, 7) is 3.71. The van der Waals surface area contributed by atoms with Gasteiger partial charge < -0.3 is 5.32 Å². The number of carbonyl (C=O) groups is 1. The first-order valence-electron chi connectivity index (χ1n) is 7.51. The summed E-state index contributed by atoms with van der Waals surface area (Å²) in [5, 5.41) is 3.18. The van der Waals surface area contributed by atoms with E-state index in [1.54, 1.807) is 43.3 Å². The molecule has 0 saturated carbocycles. The molecule has 128 valence electrons. The van der Waals surface area contributed by atoms with E-state index in [1.807, 2.05) is 6.92 Å². The summed E-state index contributed by atoms with van der Waals surface area (Å²) in [4.78, 5) is 12.3. The van der Waals surface area contributed by atoms with Gasteiger partial charge in [0.25, 0.3) is 5.91 Å². The topological polar surface area (TPSA) is 75.3 Å². The monoisotopic (exact) mass is 366 g/mol. The second kappa shape index (κ2) is 7.79. The van der Waals surface area contributed by atoms with Gasteiger partial charge in [-0.05, 0) is 55.8 Å². The Hall–Kier alpha value is -1.89. The highest BCUT2D eigenvalue weighted by molar-refractivity contribution is 7.89. The lowest BCUT2D eigenvalue weighted by molar-refractivity contribution is 0.102. The van der Waals surface area contributed by atoms with Crippen molar-refractivity contribution in [3.63, 3.8) is 0 Å². The number of nitrogens with one attached hydrogen (secondary N) is 2. The van der Waals surface area contributed by atoms with Gasteiger partial charge in [0.2, 0.25) is 10.0 Å². The Bertz CT molecular complexity index is 820. The lowest BCUT2D eigenvalue weighted by Crippen LogP contribution is -2.31. The molecule has 0 aromatic heterocycles. The van der Waals surface area contributed by atoms with Gasteiger partial charge in [-0.3, -0.25) is 4.79 Å². The van der Waals surface area contributed by atoms with Crippen molar-refractivity contribution in [1.82, 2.24) is 4.72 Å². The molecule has 1 atom stereocenters. The van der Waals surface area contributed by atoms with Crippen LogP contribution in [0.1, 0.15) is 30.6 Å². The normalized spacial score (nSPS) is 12.6. The van der Waals surface area contributed by atoms with Gasteiger partial charge in [-0.2, -0.15) is 0 Å². The number of sulfonamides is 1. The molecule has 0 radical (unpaired) electrons. The van der Waals surface area contributed by atoms with Crippen LogP contribution < -0.4 is 10.0 Å². The number of carbonyl (C=O) groups excluding carboxylic acids is 1. The fourth-order valence-electron chi connectivity index (χ4n) is 1.97. The summed E-state index contributed by atoms with van der Waals surface area (Å²) in [7, 11) is -3.55. The summed E-state index contributed by atoms with van der Waals surface area (Å²) in [6.07, 6.45) is 0.701. The first-order valence-corrected chi connectivity index (χ1v) is 9.37. The second-order valence-corrected chi connectivity index (χ2v) is 7.57. The van der Waals surface area contributed by atoms with Crippen molar-refractivity contribution in [2.75, 3.05) is 5.32 Å². The third-order valence-corrected chi connectivity index (χ3v) is 5.32. The van der Waals surface area contributed by atoms with E-state index in [-0.39, 0.29) is 16.8 Å². The average Bonchev–Trinajstić information content (AvgIpc) is 2.54. The standard InChI is InChI=1S/C17H19ClN2O3S/c1-3-12(2)20-24(22,23)16-9-7-15(8-10-16)19-17(21)13-5-4-6-14(18)11-13/h4-12,20H,3H2,1-2H3,(H,19,21). The van der Waals surface area contributed by atoms with Crippen LogP contribution in [0, 0.1) is 0 Å². The number of benzene rings is 2. The number of hydrogen-bond donors (Lipinski definition) is 2. The van der Waals surface area contributed by atoms with Gasteiger partial charge >= 0.3 is 0 Å². The lowest BCUT2D eigenvalue weighted by atomic mass is 10.2. The second-order valence-electron chi connectivity index (χ2n) is 5.42. The molecule has 24 heavy (non-hydrogen) atoms. The number of hydrogen-bond acceptors (Lipinski definition) is 3. The number of amides is 1. The van der Waals surface area contributed by atoms with E-state index in [0.717, 1.165) is 0 Å². The molecule has 0 aliphatic heterocycles. The lowest BCUT2D eigenvalue weighted by Gasteiger charge is -2.12. The van der Waals surface area contributed by atoms with Crippen molar-refractivity contribution in [3.05, 3.63) is 59.1 Å². The molecule has 0 aliphatic carbocycles. The largest absolute Gasteiger partial charge is 0.322 e. The van der Waals surface area contributed by atoms with Gasteiger partial charge in [-0.25, -0.2) is 13.1 Å². The van der Waals surface area contributed by atoms with Crippen molar-refractivity contribution >= 4 is 33.2 Å². The fraction of sp³-hybridized carbons (Fsp3) is 0.235. The molecular weight excluding hydrogens is 348 g/mol. The minimum absolute atomic E-state index is 0.141. The minimum Gasteiger partial charge on any atom is -0.322 e. The van der Waals surface area contributed by atoms with Crippen LogP contribution in [0.2, 0.25) is 5.02 Å². The third-order valence-electron chi connectivity index (χ3n) is 3.48. The summed E-state index contributed by atoms with van der Waals surface area (Å²) in [6, 6.07) is 12.5. The van der Waals surface area contributed by atoms with Crippen LogP contribution in [0.15, 0.2) is 53.4 Å². The Kier molecular flexibility index (Phi) is 5.99. The van der Waals surface area contributed by atoms with Crippen molar-refractivity contribution in [3.8, 4) is 0 Å². The van der Waals surface area contributed by atoms with E-state index in [2.05, 4.69) is 10.0 Å². The Morgan fingerprint density at radius 1 is 1.17 bits per heavy atom. The highest BCUT2D eigenvalue weighted by atomic mass is 35.5. The fourth-order valence-corrected chi connectivity index (χ4v) is 3.48. The molecule has 7 heteroatoms. The van der Waals surface area contributed by atoms with Crippen molar-refractivity contribution in [2.45, 2.75) is 31.2 Å². The molecule has 0 aliphatic rings.